The van der Waals surface area contributed by atoms with Crippen LogP contribution in [0.3, 0.4) is 0 Å². The van der Waals surface area contributed by atoms with Crippen LogP contribution in [0.15, 0.2) is 23.1 Å². The van der Waals surface area contributed by atoms with Crippen molar-refractivity contribution in [3.63, 3.8) is 0 Å². The molecule has 0 saturated carbocycles. The molecule has 0 N–H and O–H groups in total. The van der Waals surface area contributed by atoms with Gasteiger partial charge in [0, 0.05) is 29.8 Å². The number of amides is 1. The lowest BCUT2D eigenvalue weighted by molar-refractivity contribution is 0.0792. The van der Waals surface area contributed by atoms with Crippen molar-refractivity contribution in [1.82, 2.24) is 4.90 Å². The van der Waals surface area contributed by atoms with Gasteiger partial charge in [0.15, 0.2) is 0 Å². The van der Waals surface area contributed by atoms with Crippen molar-refractivity contribution < 1.29 is 13.2 Å². The summed E-state index contributed by atoms with van der Waals surface area (Å²) in [6.45, 7) is 4.40. The number of hydrogen-bond acceptors (Lipinski definition) is 3. The Labute approximate surface area is 125 Å². The van der Waals surface area contributed by atoms with Gasteiger partial charge in [-0.3, -0.25) is 4.79 Å². The van der Waals surface area contributed by atoms with Crippen LogP contribution in [0, 0.1) is 6.92 Å². The zero-order chi connectivity index (χ0) is 15.3. The summed E-state index contributed by atoms with van der Waals surface area (Å²) < 4.78 is 22.9. The van der Waals surface area contributed by atoms with Crippen LogP contribution in [0.2, 0.25) is 0 Å². The highest BCUT2D eigenvalue weighted by Crippen LogP contribution is 2.21. The van der Waals surface area contributed by atoms with Crippen molar-refractivity contribution in [3.05, 3.63) is 29.3 Å². The Kier molecular flexibility index (Phi) is 6.02. The summed E-state index contributed by atoms with van der Waals surface area (Å²) in [7, 11) is 3.25. The molecule has 0 atom stereocenters. The minimum absolute atomic E-state index is 0.00743. The Hall–Kier alpha value is -1.07. The molecule has 1 aromatic rings. The number of aryl methyl sites for hydroxylation is 1. The van der Waals surface area contributed by atoms with Crippen molar-refractivity contribution >= 4 is 25.6 Å². The summed E-state index contributed by atoms with van der Waals surface area (Å²) in [6.07, 6.45) is 3.08. The average molecular weight is 318 g/mol. The molecule has 0 spiro atoms. The quantitative estimate of drug-likeness (QED) is 0.598. The first-order chi connectivity index (χ1) is 9.27. The molecule has 0 radical (unpaired) electrons. The maximum atomic E-state index is 12.2. The Bertz CT molecular complexity index is 584. The molecule has 1 rings (SSSR count). The zero-order valence-corrected chi connectivity index (χ0v) is 13.6. The number of unbranched alkanes of at least 4 members (excludes halogenated alkanes) is 2. The smallest absolute Gasteiger partial charge is 0.261 e. The van der Waals surface area contributed by atoms with Gasteiger partial charge < -0.3 is 4.90 Å². The molecule has 0 aliphatic heterocycles. The van der Waals surface area contributed by atoms with Gasteiger partial charge in [0.2, 0.25) is 0 Å². The molecule has 112 valence electrons. The van der Waals surface area contributed by atoms with E-state index in [1.54, 1.807) is 31.0 Å². The van der Waals surface area contributed by atoms with Crippen LogP contribution in [0.25, 0.3) is 0 Å². The van der Waals surface area contributed by atoms with Crippen molar-refractivity contribution in [2.24, 2.45) is 0 Å². The Balaban J connectivity index is 2.94. The maximum Gasteiger partial charge on any atom is 0.261 e. The third kappa shape index (κ3) is 4.49. The van der Waals surface area contributed by atoms with Crippen molar-refractivity contribution in [2.45, 2.75) is 38.0 Å². The van der Waals surface area contributed by atoms with Crippen LogP contribution in [0.1, 0.15) is 42.1 Å². The lowest BCUT2D eigenvalue weighted by atomic mass is 10.1. The molecule has 0 saturated heterocycles. The molecule has 0 unspecified atom stereocenters. The highest BCUT2D eigenvalue weighted by atomic mass is 35.7. The second kappa shape index (κ2) is 7.09. The number of halogens is 1. The van der Waals surface area contributed by atoms with Gasteiger partial charge in [-0.05, 0) is 31.0 Å². The first-order valence-electron chi connectivity index (χ1n) is 6.58. The predicted molar refractivity (Wildman–Crippen MR) is 80.7 cm³/mol. The van der Waals surface area contributed by atoms with Gasteiger partial charge in [-0.2, -0.15) is 0 Å². The largest absolute Gasteiger partial charge is 0.342 e. The van der Waals surface area contributed by atoms with Gasteiger partial charge in [-0.25, -0.2) is 8.42 Å². The summed E-state index contributed by atoms with van der Waals surface area (Å²) in [6, 6.07) is 4.57. The van der Waals surface area contributed by atoms with E-state index in [0.29, 0.717) is 17.7 Å². The molecule has 0 heterocycles. The lowest BCUT2D eigenvalue weighted by Gasteiger charge is -2.17. The molecular weight excluding hydrogens is 298 g/mol. The first-order valence-corrected chi connectivity index (χ1v) is 8.89. The summed E-state index contributed by atoms with van der Waals surface area (Å²) in [5.74, 6) is -0.192. The molecule has 0 aliphatic carbocycles. The predicted octanol–water partition coefficient (Wildman–Crippen LogP) is 3.18. The summed E-state index contributed by atoms with van der Waals surface area (Å²) in [4.78, 5) is 13.8. The molecule has 4 nitrogen and oxygen atoms in total. The minimum Gasteiger partial charge on any atom is -0.342 e. The number of rotatable bonds is 6. The van der Waals surface area contributed by atoms with E-state index in [2.05, 4.69) is 6.92 Å². The maximum absolute atomic E-state index is 12.2. The third-order valence-electron chi connectivity index (χ3n) is 3.14. The van der Waals surface area contributed by atoms with E-state index >= 15 is 0 Å². The van der Waals surface area contributed by atoms with E-state index < -0.39 is 9.05 Å². The van der Waals surface area contributed by atoms with E-state index in [0.717, 1.165) is 19.3 Å². The second-order valence-electron chi connectivity index (χ2n) is 4.85. The Morgan fingerprint density at radius 1 is 1.30 bits per heavy atom. The molecule has 20 heavy (non-hydrogen) atoms. The average Bonchev–Trinajstić information content (AvgIpc) is 2.37. The van der Waals surface area contributed by atoms with Crippen LogP contribution in [-0.4, -0.2) is 32.8 Å². The van der Waals surface area contributed by atoms with Crippen LogP contribution in [-0.2, 0) is 9.05 Å². The zero-order valence-electron chi connectivity index (χ0n) is 12.0. The minimum atomic E-state index is -3.83. The van der Waals surface area contributed by atoms with E-state index in [4.69, 9.17) is 10.7 Å². The summed E-state index contributed by atoms with van der Waals surface area (Å²) >= 11 is 0. The Morgan fingerprint density at radius 2 is 1.95 bits per heavy atom. The van der Waals surface area contributed by atoms with Gasteiger partial charge in [0.1, 0.15) is 0 Å². The fourth-order valence-corrected chi connectivity index (χ4v) is 3.14. The number of carbonyl (C=O) groups excluding carboxylic acids is 1. The normalized spacial score (nSPS) is 11.4. The van der Waals surface area contributed by atoms with E-state index in [1.807, 2.05) is 0 Å². The Morgan fingerprint density at radius 3 is 2.50 bits per heavy atom. The lowest BCUT2D eigenvalue weighted by Crippen LogP contribution is -2.27. The third-order valence-corrected chi connectivity index (χ3v) is 4.61. The standard InChI is InChI=1S/C14H20ClNO3S/c1-4-5-6-9-16(3)14(17)12-8-7-11(2)13(10-12)20(15,18)19/h7-8,10H,4-6,9H2,1-3H3. The number of carbonyl (C=O) groups is 1. The van der Waals surface area contributed by atoms with E-state index in [1.165, 1.54) is 6.07 Å². The molecule has 0 bridgehead atoms. The summed E-state index contributed by atoms with van der Waals surface area (Å²) in [5, 5.41) is 0. The van der Waals surface area contributed by atoms with Crippen LogP contribution in [0.5, 0.6) is 0 Å². The fraction of sp³-hybridized carbons (Fsp3) is 0.500. The SMILES string of the molecule is CCCCCN(C)C(=O)c1ccc(C)c(S(=O)(=O)Cl)c1. The highest BCUT2D eigenvalue weighted by molar-refractivity contribution is 8.13. The van der Waals surface area contributed by atoms with Gasteiger partial charge >= 0.3 is 0 Å². The molecule has 1 aromatic carbocycles. The molecule has 1 amide bonds. The molecule has 0 fully saturated rings. The molecular formula is C14H20ClNO3S. The van der Waals surface area contributed by atoms with Crippen LogP contribution >= 0.6 is 10.7 Å². The van der Waals surface area contributed by atoms with Crippen LogP contribution < -0.4 is 0 Å². The fourth-order valence-electron chi connectivity index (χ4n) is 1.92. The van der Waals surface area contributed by atoms with E-state index in [-0.39, 0.29) is 10.8 Å². The monoisotopic (exact) mass is 317 g/mol. The molecule has 0 aliphatic rings. The number of benzene rings is 1. The van der Waals surface area contributed by atoms with Crippen LogP contribution in [0.4, 0.5) is 0 Å². The van der Waals surface area contributed by atoms with Crippen molar-refractivity contribution in [3.8, 4) is 0 Å². The van der Waals surface area contributed by atoms with E-state index in [9.17, 15) is 13.2 Å². The second-order valence-corrected chi connectivity index (χ2v) is 7.39. The molecule has 6 heteroatoms. The molecule has 0 aromatic heterocycles. The first kappa shape index (κ1) is 17.0. The topological polar surface area (TPSA) is 54.5 Å². The van der Waals surface area contributed by atoms with Gasteiger partial charge in [0.25, 0.3) is 15.0 Å². The van der Waals surface area contributed by atoms with Gasteiger partial charge in [0.05, 0.1) is 4.90 Å². The van der Waals surface area contributed by atoms with Crippen molar-refractivity contribution in [2.75, 3.05) is 13.6 Å². The highest BCUT2D eigenvalue weighted by Gasteiger charge is 2.18. The summed E-state index contributed by atoms with van der Waals surface area (Å²) in [5.41, 5.74) is 0.874. The number of nitrogens with zero attached hydrogens (tertiary/aromatic N) is 1. The van der Waals surface area contributed by atoms with Crippen molar-refractivity contribution in [1.29, 1.82) is 0 Å². The van der Waals surface area contributed by atoms with Gasteiger partial charge in [-0.1, -0.05) is 25.8 Å². The van der Waals surface area contributed by atoms with Gasteiger partial charge in [-0.15, -0.1) is 0 Å². The number of hydrogen-bond donors (Lipinski definition) is 0.